The normalized spacial score (nSPS) is 11.6. The summed E-state index contributed by atoms with van der Waals surface area (Å²) in [5.74, 6) is -1.19. The van der Waals surface area contributed by atoms with Crippen LogP contribution in [0.5, 0.6) is 0 Å². The molecule has 0 saturated heterocycles. The smallest absolute Gasteiger partial charge is 0.149 e. The third kappa shape index (κ3) is 3.10. The maximum atomic E-state index is 13.4. The first-order valence-electron chi connectivity index (χ1n) is 6.10. The number of nitrogens with zero attached hydrogens (tertiary/aromatic N) is 2. The third-order valence-corrected chi connectivity index (χ3v) is 2.76. The Labute approximate surface area is 111 Å². The zero-order valence-electron chi connectivity index (χ0n) is 11.2. The number of halogens is 2. The molecule has 0 bridgehead atoms. The van der Waals surface area contributed by atoms with Gasteiger partial charge < -0.3 is 5.32 Å². The highest BCUT2D eigenvalue weighted by Gasteiger charge is 2.14. The lowest BCUT2D eigenvalue weighted by Gasteiger charge is -2.18. The van der Waals surface area contributed by atoms with E-state index in [1.807, 2.05) is 31.6 Å². The molecule has 0 aliphatic carbocycles. The van der Waals surface area contributed by atoms with E-state index >= 15 is 0 Å². The van der Waals surface area contributed by atoms with Gasteiger partial charge in [-0.15, -0.1) is 0 Å². The molecular formula is C14H17F2N3. The zero-order chi connectivity index (χ0) is 14.0. The van der Waals surface area contributed by atoms with Gasteiger partial charge in [-0.2, -0.15) is 5.10 Å². The number of hydrogen-bond acceptors (Lipinski definition) is 2. The first kappa shape index (κ1) is 13.5. The number of benzene rings is 1. The van der Waals surface area contributed by atoms with Crippen LogP contribution in [0.15, 0.2) is 30.6 Å². The van der Waals surface area contributed by atoms with Gasteiger partial charge in [0.25, 0.3) is 0 Å². The van der Waals surface area contributed by atoms with Crippen molar-refractivity contribution >= 4 is 5.69 Å². The molecule has 19 heavy (non-hydrogen) atoms. The number of anilines is 1. The van der Waals surface area contributed by atoms with Crippen molar-refractivity contribution in [2.24, 2.45) is 0 Å². The molecule has 1 N–H and O–H groups in total. The highest BCUT2D eigenvalue weighted by molar-refractivity contribution is 5.46. The van der Waals surface area contributed by atoms with E-state index in [1.165, 1.54) is 18.2 Å². The Balaban J connectivity index is 2.09. The summed E-state index contributed by atoms with van der Waals surface area (Å²) in [6.45, 7) is 6.43. The molecule has 0 saturated carbocycles. The van der Waals surface area contributed by atoms with E-state index in [0.29, 0.717) is 6.54 Å². The third-order valence-electron chi connectivity index (χ3n) is 2.76. The fourth-order valence-corrected chi connectivity index (χ4v) is 1.68. The molecule has 102 valence electrons. The Kier molecular flexibility index (Phi) is 3.55. The molecule has 0 radical (unpaired) electrons. The van der Waals surface area contributed by atoms with Crippen LogP contribution in [0.25, 0.3) is 0 Å². The lowest BCUT2D eigenvalue weighted by molar-refractivity contribution is 0.355. The molecule has 0 aliphatic heterocycles. The van der Waals surface area contributed by atoms with Crippen LogP contribution in [0.1, 0.15) is 26.3 Å². The fourth-order valence-electron chi connectivity index (χ4n) is 1.68. The van der Waals surface area contributed by atoms with Crippen LogP contribution in [-0.4, -0.2) is 9.78 Å². The Morgan fingerprint density at radius 3 is 2.37 bits per heavy atom. The minimum atomic E-state index is -0.594. The first-order chi connectivity index (χ1) is 8.88. The van der Waals surface area contributed by atoms with Gasteiger partial charge in [-0.25, -0.2) is 8.78 Å². The quantitative estimate of drug-likeness (QED) is 0.920. The fraction of sp³-hybridized carbons (Fsp3) is 0.357. The van der Waals surface area contributed by atoms with Crippen LogP contribution in [0, 0.1) is 11.6 Å². The van der Waals surface area contributed by atoms with Gasteiger partial charge in [0.15, 0.2) is 0 Å². The van der Waals surface area contributed by atoms with Crippen LogP contribution in [0.3, 0.4) is 0 Å². The lowest BCUT2D eigenvalue weighted by Crippen LogP contribution is -2.22. The standard InChI is InChI=1S/C14H17F2N3/c1-14(2,3)19-9-10(8-18-19)7-17-13-11(15)5-4-6-12(13)16/h4-6,8-9,17H,7H2,1-3H3. The average molecular weight is 265 g/mol. The Morgan fingerprint density at radius 1 is 1.21 bits per heavy atom. The van der Waals surface area contributed by atoms with Crippen LogP contribution >= 0.6 is 0 Å². The number of nitrogens with one attached hydrogen (secondary N) is 1. The van der Waals surface area contributed by atoms with E-state index in [4.69, 9.17) is 0 Å². The molecule has 1 aromatic heterocycles. The van der Waals surface area contributed by atoms with Gasteiger partial charge >= 0.3 is 0 Å². The van der Waals surface area contributed by atoms with Crippen molar-refractivity contribution in [3.05, 3.63) is 47.8 Å². The summed E-state index contributed by atoms with van der Waals surface area (Å²) in [6, 6.07) is 3.79. The number of hydrogen-bond donors (Lipinski definition) is 1. The number of para-hydroxylation sites is 1. The molecule has 0 spiro atoms. The van der Waals surface area contributed by atoms with Gasteiger partial charge in [0.05, 0.1) is 11.7 Å². The van der Waals surface area contributed by atoms with Gasteiger partial charge in [0.1, 0.15) is 17.3 Å². The van der Waals surface area contributed by atoms with Crippen LogP contribution in [0.2, 0.25) is 0 Å². The Hall–Kier alpha value is -1.91. The summed E-state index contributed by atoms with van der Waals surface area (Å²) in [5, 5.41) is 6.99. The van der Waals surface area contributed by atoms with Gasteiger partial charge in [-0.1, -0.05) is 6.07 Å². The number of rotatable bonds is 3. The molecule has 0 atom stereocenters. The molecule has 1 aromatic carbocycles. The van der Waals surface area contributed by atoms with Gasteiger partial charge in [-0.3, -0.25) is 4.68 Å². The van der Waals surface area contributed by atoms with E-state index in [0.717, 1.165) is 5.56 Å². The summed E-state index contributed by atoms with van der Waals surface area (Å²) < 4.78 is 28.7. The van der Waals surface area contributed by atoms with Crippen molar-refractivity contribution in [3.8, 4) is 0 Å². The molecule has 0 aliphatic rings. The first-order valence-corrected chi connectivity index (χ1v) is 6.10. The summed E-state index contributed by atoms with van der Waals surface area (Å²) in [5.41, 5.74) is 0.658. The molecule has 2 rings (SSSR count). The Morgan fingerprint density at radius 2 is 1.84 bits per heavy atom. The van der Waals surface area contributed by atoms with E-state index < -0.39 is 11.6 Å². The van der Waals surface area contributed by atoms with E-state index in [1.54, 1.807) is 6.20 Å². The zero-order valence-corrected chi connectivity index (χ0v) is 11.2. The number of aromatic nitrogens is 2. The highest BCUT2D eigenvalue weighted by atomic mass is 19.1. The molecule has 2 aromatic rings. The molecular weight excluding hydrogens is 248 g/mol. The van der Waals surface area contributed by atoms with Crippen LogP contribution in [-0.2, 0) is 12.1 Å². The second-order valence-corrected chi connectivity index (χ2v) is 5.41. The van der Waals surface area contributed by atoms with Crippen molar-refractivity contribution in [1.29, 1.82) is 0 Å². The van der Waals surface area contributed by atoms with Gasteiger partial charge in [0.2, 0.25) is 0 Å². The minimum absolute atomic E-state index is 0.106. The topological polar surface area (TPSA) is 29.9 Å². The average Bonchev–Trinajstić information content (AvgIpc) is 2.77. The molecule has 3 nitrogen and oxygen atoms in total. The van der Waals surface area contributed by atoms with E-state index in [2.05, 4.69) is 10.4 Å². The van der Waals surface area contributed by atoms with Crippen molar-refractivity contribution in [3.63, 3.8) is 0 Å². The highest BCUT2D eigenvalue weighted by Crippen LogP contribution is 2.19. The molecule has 5 heteroatoms. The molecule has 0 fully saturated rings. The molecule has 1 heterocycles. The maximum Gasteiger partial charge on any atom is 0.149 e. The molecule has 0 unspecified atom stereocenters. The van der Waals surface area contributed by atoms with Crippen LogP contribution in [0.4, 0.5) is 14.5 Å². The van der Waals surface area contributed by atoms with E-state index in [-0.39, 0.29) is 11.2 Å². The van der Waals surface area contributed by atoms with Crippen molar-refractivity contribution < 1.29 is 8.78 Å². The largest absolute Gasteiger partial charge is 0.376 e. The minimum Gasteiger partial charge on any atom is -0.376 e. The second kappa shape index (κ2) is 4.99. The SMILES string of the molecule is CC(C)(C)n1cc(CNc2c(F)cccc2F)cn1. The Bertz CT molecular complexity index is 550. The predicted molar refractivity (Wildman–Crippen MR) is 70.9 cm³/mol. The summed E-state index contributed by atoms with van der Waals surface area (Å²) in [6.07, 6.45) is 3.56. The monoisotopic (exact) mass is 265 g/mol. The van der Waals surface area contributed by atoms with Gasteiger partial charge in [-0.05, 0) is 32.9 Å². The summed E-state index contributed by atoms with van der Waals surface area (Å²) in [7, 11) is 0. The predicted octanol–water partition coefficient (Wildman–Crippen LogP) is 3.53. The van der Waals surface area contributed by atoms with Crippen LogP contribution < -0.4 is 5.32 Å². The van der Waals surface area contributed by atoms with Crippen molar-refractivity contribution in [2.45, 2.75) is 32.9 Å². The van der Waals surface area contributed by atoms with Crippen molar-refractivity contribution in [1.82, 2.24) is 9.78 Å². The molecule has 0 amide bonds. The summed E-state index contributed by atoms with van der Waals surface area (Å²) >= 11 is 0. The van der Waals surface area contributed by atoms with Gasteiger partial charge in [0, 0.05) is 18.3 Å². The van der Waals surface area contributed by atoms with Crippen molar-refractivity contribution in [2.75, 3.05) is 5.32 Å². The van der Waals surface area contributed by atoms with E-state index in [9.17, 15) is 8.78 Å². The summed E-state index contributed by atoms with van der Waals surface area (Å²) in [4.78, 5) is 0. The lowest BCUT2D eigenvalue weighted by atomic mass is 10.1. The second-order valence-electron chi connectivity index (χ2n) is 5.41. The maximum absolute atomic E-state index is 13.4.